The van der Waals surface area contributed by atoms with Gasteiger partial charge in [-0.1, -0.05) is 6.07 Å². The van der Waals surface area contributed by atoms with Gasteiger partial charge in [0.1, 0.15) is 0 Å². The number of rotatable bonds is 5. The Labute approximate surface area is 148 Å². The summed E-state index contributed by atoms with van der Waals surface area (Å²) >= 11 is 0. The second-order valence-electron chi connectivity index (χ2n) is 6.63. The molecule has 25 heavy (non-hydrogen) atoms. The maximum atomic E-state index is 12.7. The van der Waals surface area contributed by atoms with E-state index in [0.29, 0.717) is 26.3 Å². The lowest BCUT2D eigenvalue weighted by molar-refractivity contribution is -0.134. The van der Waals surface area contributed by atoms with Crippen LogP contribution in [-0.2, 0) is 20.9 Å². The molecule has 0 spiro atoms. The van der Waals surface area contributed by atoms with Gasteiger partial charge in [-0.05, 0) is 24.5 Å². The van der Waals surface area contributed by atoms with Gasteiger partial charge >= 0.3 is 0 Å². The monoisotopic (exact) mass is 346 g/mol. The molecule has 2 aliphatic rings. The van der Waals surface area contributed by atoms with E-state index < -0.39 is 0 Å². The number of aromatic nitrogens is 1. The molecule has 2 amide bonds. The van der Waals surface area contributed by atoms with Gasteiger partial charge in [0, 0.05) is 39.3 Å². The molecular weight excluding hydrogens is 320 g/mol. The van der Waals surface area contributed by atoms with Gasteiger partial charge in [-0.2, -0.15) is 0 Å². The summed E-state index contributed by atoms with van der Waals surface area (Å²) in [7, 11) is 0. The quantitative estimate of drug-likeness (QED) is 0.850. The summed E-state index contributed by atoms with van der Waals surface area (Å²) in [6, 6.07) is 4.01. The van der Waals surface area contributed by atoms with Crippen LogP contribution in [0.15, 0.2) is 18.3 Å². The van der Waals surface area contributed by atoms with Gasteiger partial charge in [0.25, 0.3) is 0 Å². The zero-order valence-corrected chi connectivity index (χ0v) is 14.7. The van der Waals surface area contributed by atoms with E-state index in [1.165, 1.54) is 6.92 Å². The third kappa shape index (κ3) is 4.76. The van der Waals surface area contributed by atoms with E-state index in [9.17, 15) is 9.59 Å². The number of carbonyl (C=O) groups excluding carboxylic acids is 2. The van der Waals surface area contributed by atoms with Crippen LogP contribution in [0.5, 0.6) is 0 Å². The highest BCUT2D eigenvalue weighted by Crippen LogP contribution is 2.30. The van der Waals surface area contributed by atoms with Crippen molar-refractivity contribution in [2.24, 2.45) is 0 Å². The number of morpholine rings is 1. The minimum Gasteiger partial charge on any atom is -0.379 e. The summed E-state index contributed by atoms with van der Waals surface area (Å²) < 4.78 is 5.34. The van der Waals surface area contributed by atoms with Crippen LogP contribution in [0.2, 0.25) is 0 Å². The molecule has 2 saturated heterocycles. The Kier molecular flexibility index (Phi) is 5.99. The van der Waals surface area contributed by atoms with Crippen LogP contribution in [0, 0.1) is 0 Å². The Morgan fingerprint density at radius 2 is 2.08 bits per heavy atom. The van der Waals surface area contributed by atoms with E-state index >= 15 is 0 Å². The van der Waals surface area contributed by atoms with Crippen molar-refractivity contribution in [3.8, 4) is 0 Å². The molecule has 7 heteroatoms. The third-order valence-corrected chi connectivity index (χ3v) is 4.77. The highest BCUT2D eigenvalue weighted by Gasteiger charge is 2.31. The highest BCUT2D eigenvalue weighted by atomic mass is 16.5. The van der Waals surface area contributed by atoms with Crippen LogP contribution in [-0.4, -0.2) is 66.0 Å². The van der Waals surface area contributed by atoms with Crippen molar-refractivity contribution >= 4 is 11.8 Å². The van der Waals surface area contributed by atoms with E-state index in [0.717, 1.165) is 43.7 Å². The average Bonchev–Trinajstić information content (AvgIpc) is 3.11. The van der Waals surface area contributed by atoms with Gasteiger partial charge in [0.05, 0.1) is 31.5 Å². The first-order valence-corrected chi connectivity index (χ1v) is 8.92. The Morgan fingerprint density at radius 3 is 2.76 bits per heavy atom. The molecule has 2 fully saturated rings. The molecule has 3 heterocycles. The van der Waals surface area contributed by atoms with Gasteiger partial charge in [0.2, 0.25) is 11.8 Å². The first kappa shape index (κ1) is 17.8. The van der Waals surface area contributed by atoms with Crippen molar-refractivity contribution in [2.45, 2.75) is 32.4 Å². The molecule has 1 unspecified atom stereocenters. The number of carbonyl (C=O) groups is 2. The van der Waals surface area contributed by atoms with Crippen molar-refractivity contribution < 1.29 is 14.3 Å². The lowest BCUT2D eigenvalue weighted by Crippen LogP contribution is -2.44. The van der Waals surface area contributed by atoms with E-state index in [1.807, 2.05) is 17.0 Å². The number of hydrogen-bond donors (Lipinski definition) is 1. The Bertz CT molecular complexity index is 599. The molecule has 0 radical (unpaired) electrons. The van der Waals surface area contributed by atoms with Crippen LogP contribution in [0.1, 0.15) is 37.1 Å². The van der Waals surface area contributed by atoms with E-state index in [1.54, 1.807) is 6.20 Å². The predicted octanol–water partition coefficient (Wildman–Crippen LogP) is 0.713. The minimum absolute atomic E-state index is 0.0558. The molecule has 0 aliphatic carbocycles. The standard InChI is InChI=1S/C18H26N4O3/c1-14(23)19-11-15-4-5-16(20-12-15)17-3-2-6-22(17)18(24)13-21-7-9-25-10-8-21/h4-5,12,17H,2-3,6-11,13H2,1H3,(H,19,23). The predicted molar refractivity (Wildman–Crippen MR) is 92.7 cm³/mol. The normalized spacial score (nSPS) is 21.3. The van der Waals surface area contributed by atoms with Crippen LogP contribution < -0.4 is 5.32 Å². The molecular formula is C18H26N4O3. The molecule has 0 saturated carbocycles. The Morgan fingerprint density at radius 1 is 1.28 bits per heavy atom. The second-order valence-corrected chi connectivity index (χ2v) is 6.63. The van der Waals surface area contributed by atoms with Crippen molar-refractivity contribution in [3.05, 3.63) is 29.6 Å². The number of hydrogen-bond acceptors (Lipinski definition) is 5. The van der Waals surface area contributed by atoms with Crippen LogP contribution in [0.4, 0.5) is 0 Å². The minimum atomic E-state index is -0.0558. The Balaban J connectivity index is 1.60. The number of ether oxygens (including phenoxy) is 1. The number of amides is 2. The maximum absolute atomic E-state index is 12.7. The molecule has 0 aromatic carbocycles. The number of nitrogens with zero attached hydrogens (tertiary/aromatic N) is 3. The first-order chi connectivity index (χ1) is 12.1. The fraction of sp³-hybridized carbons (Fsp3) is 0.611. The van der Waals surface area contributed by atoms with E-state index in [4.69, 9.17) is 4.74 Å². The zero-order chi connectivity index (χ0) is 17.6. The largest absolute Gasteiger partial charge is 0.379 e. The molecule has 3 rings (SSSR count). The summed E-state index contributed by atoms with van der Waals surface area (Å²) in [6.45, 7) is 6.28. The van der Waals surface area contributed by atoms with Crippen LogP contribution in [0.3, 0.4) is 0 Å². The SMILES string of the molecule is CC(=O)NCc1ccc(C2CCCN2C(=O)CN2CCOCC2)nc1. The lowest BCUT2D eigenvalue weighted by atomic mass is 10.1. The fourth-order valence-corrected chi connectivity index (χ4v) is 3.38. The summed E-state index contributed by atoms with van der Waals surface area (Å²) in [5.41, 5.74) is 1.89. The Hall–Kier alpha value is -1.99. The van der Waals surface area contributed by atoms with E-state index in [-0.39, 0.29) is 17.9 Å². The molecule has 2 aliphatic heterocycles. The summed E-state index contributed by atoms with van der Waals surface area (Å²) in [4.78, 5) is 32.4. The molecule has 136 valence electrons. The molecule has 1 aromatic rings. The summed E-state index contributed by atoms with van der Waals surface area (Å²) in [5, 5.41) is 2.76. The number of likely N-dealkylation sites (tertiary alicyclic amines) is 1. The van der Waals surface area contributed by atoms with Crippen molar-refractivity contribution in [3.63, 3.8) is 0 Å². The molecule has 1 aromatic heterocycles. The number of nitrogens with one attached hydrogen (secondary N) is 1. The van der Waals surface area contributed by atoms with Crippen molar-refractivity contribution in [1.82, 2.24) is 20.1 Å². The second kappa shape index (κ2) is 8.40. The topological polar surface area (TPSA) is 74.8 Å². The molecule has 1 N–H and O–H groups in total. The van der Waals surface area contributed by atoms with Crippen LogP contribution in [0.25, 0.3) is 0 Å². The highest BCUT2D eigenvalue weighted by molar-refractivity contribution is 5.79. The van der Waals surface area contributed by atoms with Crippen molar-refractivity contribution in [2.75, 3.05) is 39.4 Å². The van der Waals surface area contributed by atoms with Gasteiger partial charge in [-0.15, -0.1) is 0 Å². The van der Waals surface area contributed by atoms with Crippen molar-refractivity contribution in [1.29, 1.82) is 0 Å². The van der Waals surface area contributed by atoms with Gasteiger partial charge in [-0.25, -0.2) is 0 Å². The van der Waals surface area contributed by atoms with Gasteiger partial charge in [0.15, 0.2) is 0 Å². The maximum Gasteiger partial charge on any atom is 0.237 e. The summed E-state index contributed by atoms with van der Waals surface area (Å²) in [5.74, 6) is 0.119. The molecule has 0 bridgehead atoms. The average molecular weight is 346 g/mol. The van der Waals surface area contributed by atoms with Crippen LogP contribution >= 0.6 is 0 Å². The van der Waals surface area contributed by atoms with E-state index in [2.05, 4.69) is 15.2 Å². The zero-order valence-electron chi connectivity index (χ0n) is 14.7. The smallest absolute Gasteiger partial charge is 0.237 e. The fourth-order valence-electron chi connectivity index (χ4n) is 3.38. The van der Waals surface area contributed by atoms with Gasteiger partial charge < -0.3 is 15.0 Å². The van der Waals surface area contributed by atoms with Gasteiger partial charge in [-0.3, -0.25) is 19.5 Å². The number of pyridine rings is 1. The molecule has 1 atom stereocenters. The lowest BCUT2D eigenvalue weighted by Gasteiger charge is -2.30. The molecule has 7 nitrogen and oxygen atoms in total. The summed E-state index contributed by atoms with van der Waals surface area (Å²) in [6.07, 6.45) is 3.75. The first-order valence-electron chi connectivity index (χ1n) is 8.92. The third-order valence-electron chi connectivity index (χ3n) is 4.77.